The van der Waals surface area contributed by atoms with Crippen molar-refractivity contribution in [3.8, 4) is 0 Å². The summed E-state index contributed by atoms with van der Waals surface area (Å²) in [5, 5.41) is 15.4. The fraction of sp³-hybridized carbons (Fsp3) is 0.615. The van der Waals surface area contributed by atoms with E-state index in [4.69, 9.17) is 5.11 Å². The molecule has 0 aliphatic heterocycles. The molecule has 0 atom stereocenters. The van der Waals surface area contributed by atoms with Gasteiger partial charge in [0.1, 0.15) is 6.54 Å². The SMILES string of the molecule is CCC1(C(=O)Nc2cnn(CC(=O)O)c2)CCCC1. The quantitative estimate of drug-likeness (QED) is 0.851. The standard InChI is InChI=1S/C13H19N3O3/c1-2-13(5-3-4-6-13)12(19)15-10-7-14-16(8-10)9-11(17)18/h7-8H,2-6,9H2,1H3,(H,15,19)(H,17,18). The first kappa shape index (κ1) is 13.6. The van der Waals surface area contributed by atoms with Crippen molar-refractivity contribution in [1.29, 1.82) is 0 Å². The highest BCUT2D eigenvalue weighted by molar-refractivity contribution is 5.95. The van der Waals surface area contributed by atoms with Crippen molar-refractivity contribution in [2.75, 3.05) is 5.32 Å². The molecule has 1 heterocycles. The Kier molecular flexibility index (Phi) is 3.87. The number of amides is 1. The Bertz CT molecular complexity index is 475. The summed E-state index contributed by atoms with van der Waals surface area (Å²) < 4.78 is 1.30. The molecule has 1 aliphatic carbocycles. The Morgan fingerprint density at radius 3 is 2.74 bits per heavy atom. The molecule has 1 aromatic rings. The van der Waals surface area contributed by atoms with E-state index in [0.29, 0.717) is 5.69 Å². The lowest BCUT2D eigenvalue weighted by atomic mass is 9.82. The van der Waals surface area contributed by atoms with Crippen LogP contribution in [0.5, 0.6) is 0 Å². The van der Waals surface area contributed by atoms with Gasteiger partial charge in [-0.25, -0.2) is 0 Å². The smallest absolute Gasteiger partial charge is 0.325 e. The van der Waals surface area contributed by atoms with E-state index in [2.05, 4.69) is 10.4 Å². The van der Waals surface area contributed by atoms with E-state index in [-0.39, 0.29) is 17.9 Å². The van der Waals surface area contributed by atoms with Crippen LogP contribution in [0.3, 0.4) is 0 Å². The van der Waals surface area contributed by atoms with Gasteiger partial charge in [-0.05, 0) is 19.3 Å². The van der Waals surface area contributed by atoms with Crippen molar-refractivity contribution in [2.45, 2.75) is 45.6 Å². The minimum absolute atomic E-state index is 0.0300. The number of carbonyl (C=O) groups excluding carboxylic acids is 1. The van der Waals surface area contributed by atoms with Crippen LogP contribution in [0.25, 0.3) is 0 Å². The molecule has 19 heavy (non-hydrogen) atoms. The molecule has 0 bridgehead atoms. The third-order valence-electron chi connectivity index (χ3n) is 3.91. The summed E-state index contributed by atoms with van der Waals surface area (Å²) in [5.41, 5.74) is 0.306. The number of hydrogen-bond acceptors (Lipinski definition) is 3. The molecule has 104 valence electrons. The number of rotatable bonds is 5. The van der Waals surface area contributed by atoms with Gasteiger partial charge >= 0.3 is 5.97 Å². The van der Waals surface area contributed by atoms with E-state index in [1.807, 2.05) is 6.92 Å². The molecule has 1 fully saturated rings. The maximum absolute atomic E-state index is 12.3. The first-order valence-corrected chi connectivity index (χ1v) is 6.61. The van der Waals surface area contributed by atoms with Gasteiger partial charge in [-0.15, -0.1) is 0 Å². The van der Waals surface area contributed by atoms with Crippen LogP contribution < -0.4 is 5.32 Å². The van der Waals surface area contributed by atoms with Crippen molar-refractivity contribution in [1.82, 2.24) is 9.78 Å². The van der Waals surface area contributed by atoms with Crippen molar-refractivity contribution >= 4 is 17.6 Å². The number of carboxylic acids is 1. The van der Waals surface area contributed by atoms with E-state index in [1.165, 1.54) is 10.9 Å². The van der Waals surface area contributed by atoms with Gasteiger partial charge < -0.3 is 10.4 Å². The Balaban J connectivity index is 2.02. The number of hydrogen-bond donors (Lipinski definition) is 2. The van der Waals surface area contributed by atoms with Crippen molar-refractivity contribution in [3.05, 3.63) is 12.4 Å². The van der Waals surface area contributed by atoms with Crippen molar-refractivity contribution < 1.29 is 14.7 Å². The lowest BCUT2D eigenvalue weighted by Crippen LogP contribution is -2.33. The first-order chi connectivity index (χ1) is 9.05. The molecule has 1 saturated carbocycles. The number of nitrogens with zero attached hydrogens (tertiary/aromatic N) is 2. The maximum atomic E-state index is 12.3. The van der Waals surface area contributed by atoms with Crippen LogP contribution in [0, 0.1) is 5.41 Å². The molecule has 0 spiro atoms. The highest BCUT2D eigenvalue weighted by Gasteiger charge is 2.39. The van der Waals surface area contributed by atoms with E-state index in [0.717, 1.165) is 32.1 Å². The summed E-state index contributed by atoms with van der Waals surface area (Å²) >= 11 is 0. The van der Waals surface area contributed by atoms with Crippen LogP contribution in [0.1, 0.15) is 39.0 Å². The zero-order valence-electron chi connectivity index (χ0n) is 11.1. The van der Waals surface area contributed by atoms with Crippen LogP contribution in [0.15, 0.2) is 12.4 Å². The number of anilines is 1. The number of carbonyl (C=O) groups is 2. The van der Waals surface area contributed by atoms with Crippen LogP contribution in [0.2, 0.25) is 0 Å². The van der Waals surface area contributed by atoms with Crippen molar-refractivity contribution in [2.24, 2.45) is 5.41 Å². The Hall–Kier alpha value is -1.85. The van der Waals surface area contributed by atoms with Crippen LogP contribution in [0.4, 0.5) is 5.69 Å². The van der Waals surface area contributed by atoms with Gasteiger partial charge in [-0.3, -0.25) is 14.3 Å². The topological polar surface area (TPSA) is 84.2 Å². The predicted molar refractivity (Wildman–Crippen MR) is 69.7 cm³/mol. The fourth-order valence-corrected chi connectivity index (χ4v) is 2.71. The van der Waals surface area contributed by atoms with E-state index < -0.39 is 5.97 Å². The average Bonchev–Trinajstić information content (AvgIpc) is 2.98. The first-order valence-electron chi connectivity index (χ1n) is 6.61. The Labute approximate surface area is 111 Å². The molecule has 0 saturated heterocycles. The third-order valence-corrected chi connectivity index (χ3v) is 3.91. The molecular formula is C13H19N3O3. The molecule has 1 aromatic heterocycles. The summed E-state index contributed by atoms with van der Waals surface area (Å²) in [7, 11) is 0. The van der Waals surface area contributed by atoms with Gasteiger partial charge in [0.15, 0.2) is 0 Å². The molecule has 1 aliphatic rings. The second kappa shape index (κ2) is 5.42. The molecule has 2 rings (SSSR count). The summed E-state index contributed by atoms with van der Waals surface area (Å²) in [6, 6.07) is 0. The van der Waals surface area contributed by atoms with E-state index in [9.17, 15) is 9.59 Å². The number of carboxylic acid groups (broad SMARTS) is 1. The summed E-state index contributed by atoms with van der Waals surface area (Å²) in [6.07, 6.45) is 7.92. The lowest BCUT2D eigenvalue weighted by molar-refractivity contribution is -0.137. The van der Waals surface area contributed by atoms with Crippen LogP contribution >= 0.6 is 0 Å². The van der Waals surface area contributed by atoms with E-state index in [1.54, 1.807) is 6.20 Å². The second-order valence-corrected chi connectivity index (χ2v) is 5.12. The van der Waals surface area contributed by atoms with Gasteiger partial charge in [0.25, 0.3) is 0 Å². The average molecular weight is 265 g/mol. The van der Waals surface area contributed by atoms with E-state index >= 15 is 0 Å². The summed E-state index contributed by atoms with van der Waals surface area (Å²) in [6.45, 7) is 1.84. The van der Waals surface area contributed by atoms with Crippen molar-refractivity contribution in [3.63, 3.8) is 0 Å². The molecule has 1 amide bonds. The van der Waals surface area contributed by atoms with Crippen LogP contribution in [-0.4, -0.2) is 26.8 Å². The lowest BCUT2D eigenvalue weighted by Gasteiger charge is -2.25. The number of nitrogens with one attached hydrogen (secondary N) is 1. The van der Waals surface area contributed by atoms with Gasteiger partial charge in [-0.1, -0.05) is 19.8 Å². The Morgan fingerprint density at radius 1 is 1.47 bits per heavy atom. The van der Waals surface area contributed by atoms with Gasteiger partial charge in [-0.2, -0.15) is 5.10 Å². The number of aromatic nitrogens is 2. The predicted octanol–water partition coefficient (Wildman–Crippen LogP) is 1.88. The largest absolute Gasteiger partial charge is 0.480 e. The molecular weight excluding hydrogens is 246 g/mol. The number of aliphatic carboxylic acids is 1. The van der Waals surface area contributed by atoms with Gasteiger partial charge in [0.05, 0.1) is 11.9 Å². The summed E-state index contributed by atoms with van der Waals surface area (Å²) in [5.74, 6) is -0.927. The molecule has 0 aromatic carbocycles. The third kappa shape index (κ3) is 2.94. The minimum atomic E-state index is -0.957. The zero-order valence-corrected chi connectivity index (χ0v) is 11.1. The molecule has 2 N–H and O–H groups in total. The molecule has 6 nitrogen and oxygen atoms in total. The molecule has 0 unspecified atom stereocenters. The maximum Gasteiger partial charge on any atom is 0.325 e. The zero-order chi connectivity index (χ0) is 13.9. The van der Waals surface area contributed by atoms with Gasteiger partial charge in [0.2, 0.25) is 5.91 Å². The van der Waals surface area contributed by atoms with Gasteiger partial charge in [0, 0.05) is 11.6 Å². The van der Waals surface area contributed by atoms with Crippen LogP contribution in [-0.2, 0) is 16.1 Å². The second-order valence-electron chi connectivity index (χ2n) is 5.12. The minimum Gasteiger partial charge on any atom is -0.480 e. The molecule has 0 radical (unpaired) electrons. The Morgan fingerprint density at radius 2 is 2.16 bits per heavy atom. The fourth-order valence-electron chi connectivity index (χ4n) is 2.71. The highest BCUT2D eigenvalue weighted by atomic mass is 16.4. The summed E-state index contributed by atoms with van der Waals surface area (Å²) in [4.78, 5) is 22.9. The monoisotopic (exact) mass is 265 g/mol. The molecule has 6 heteroatoms. The highest BCUT2D eigenvalue weighted by Crippen LogP contribution is 2.41. The normalized spacial score (nSPS) is 17.3.